The molecule has 1 saturated carbocycles. The van der Waals surface area contributed by atoms with Crippen LogP contribution in [0.3, 0.4) is 0 Å². The summed E-state index contributed by atoms with van der Waals surface area (Å²) in [6.45, 7) is 0.754. The fraction of sp³-hybridized carbons (Fsp3) is 0.609. The largest absolute Gasteiger partial charge is 0.435 e. The predicted molar refractivity (Wildman–Crippen MR) is 122 cm³/mol. The molecular weight excluding hydrogens is 470 g/mol. The molecule has 1 fully saturated rings. The maximum Gasteiger partial charge on any atom is 0.387 e. The van der Waals surface area contributed by atoms with E-state index in [1.807, 2.05) is 0 Å². The number of benzene rings is 1. The second-order valence-corrected chi connectivity index (χ2v) is 10.4. The Balaban J connectivity index is 1.94. The van der Waals surface area contributed by atoms with Crippen LogP contribution in [-0.4, -0.2) is 61.9 Å². The van der Waals surface area contributed by atoms with Gasteiger partial charge in [0.05, 0.1) is 17.5 Å². The van der Waals surface area contributed by atoms with E-state index in [9.17, 15) is 31.6 Å². The van der Waals surface area contributed by atoms with Gasteiger partial charge < -0.3 is 15.0 Å². The summed E-state index contributed by atoms with van der Waals surface area (Å²) in [7, 11) is -3.84. The maximum absolute atomic E-state index is 12.7. The van der Waals surface area contributed by atoms with Crippen LogP contribution in [0.2, 0.25) is 0 Å². The van der Waals surface area contributed by atoms with Crippen LogP contribution in [0, 0.1) is 0 Å². The highest BCUT2D eigenvalue weighted by Crippen LogP contribution is 2.24. The van der Waals surface area contributed by atoms with Crippen molar-refractivity contribution in [1.29, 1.82) is 0 Å². The van der Waals surface area contributed by atoms with Crippen molar-refractivity contribution in [2.45, 2.75) is 76.8 Å². The number of para-hydroxylation sites is 1. The lowest BCUT2D eigenvalue weighted by Crippen LogP contribution is -2.51. The third-order valence-corrected chi connectivity index (χ3v) is 7.42. The van der Waals surface area contributed by atoms with Gasteiger partial charge in [0.1, 0.15) is 5.75 Å². The molecule has 0 heterocycles. The molecule has 11 heteroatoms. The molecule has 2 rings (SSSR count). The molecule has 1 atom stereocenters. The molecule has 8 nitrogen and oxygen atoms in total. The summed E-state index contributed by atoms with van der Waals surface area (Å²) in [4.78, 5) is 39.4. The molecule has 1 aromatic carbocycles. The number of hydrogen-bond acceptors (Lipinski definition) is 6. The van der Waals surface area contributed by atoms with Crippen molar-refractivity contribution in [2.24, 2.45) is 0 Å². The SMILES string of the molecule is CCC(NC(=O)CCS(=O)(=O)Cc1ccccc1OC(F)F)C(=O)C(=O)N(CC)C1CCCC1. The average molecular weight is 503 g/mol. The first-order valence-electron chi connectivity index (χ1n) is 11.4. The monoisotopic (exact) mass is 502 g/mol. The van der Waals surface area contributed by atoms with Crippen molar-refractivity contribution in [3.8, 4) is 5.75 Å². The third kappa shape index (κ3) is 8.03. The van der Waals surface area contributed by atoms with E-state index in [2.05, 4.69) is 10.1 Å². The summed E-state index contributed by atoms with van der Waals surface area (Å²) in [5.74, 6) is -3.41. The number of likely N-dealkylation sites (N-methyl/N-ethyl adjacent to an activating group) is 1. The number of amides is 2. The van der Waals surface area contributed by atoms with E-state index in [1.165, 1.54) is 24.3 Å². The number of halogens is 2. The van der Waals surface area contributed by atoms with Crippen LogP contribution in [0.1, 0.15) is 57.9 Å². The molecule has 0 bridgehead atoms. The van der Waals surface area contributed by atoms with Gasteiger partial charge in [0.25, 0.3) is 5.91 Å². The second kappa shape index (κ2) is 12.8. The molecule has 1 aliphatic rings. The minimum Gasteiger partial charge on any atom is -0.435 e. The summed E-state index contributed by atoms with van der Waals surface area (Å²) in [6, 6.07) is 4.52. The summed E-state index contributed by atoms with van der Waals surface area (Å²) < 4.78 is 54.4. The van der Waals surface area contributed by atoms with E-state index in [4.69, 9.17) is 0 Å². The van der Waals surface area contributed by atoms with Crippen LogP contribution in [0.25, 0.3) is 0 Å². The van der Waals surface area contributed by atoms with Crippen molar-refractivity contribution in [3.63, 3.8) is 0 Å². The lowest BCUT2D eigenvalue weighted by molar-refractivity contribution is -0.147. The number of rotatable bonds is 13. The number of sulfone groups is 1. The first kappa shape index (κ1) is 27.7. The number of ketones is 1. The summed E-state index contributed by atoms with van der Waals surface area (Å²) in [6.07, 6.45) is 3.45. The number of alkyl halides is 2. The molecule has 0 spiro atoms. The van der Waals surface area contributed by atoms with Gasteiger partial charge in [0, 0.05) is 24.6 Å². The fourth-order valence-electron chi connectivity index (χ4n) is 4.08. The Kier molecular flexibility index (Phi) is 10.4. The lowest BCUT2D eigenvalue weighted by atomic mass is 10.1. The number of carbonyl (C=O) groups is 3. The zero-order valence-electron chi connectivity index (χ0n) is 19.5. The predicted octanol–water partition coefficient (Wildman–Crippen LogP) is 2.85. The van der Waals surface area contributed by atoms with Gasteiger partial charge >= 0.3 is 6.61 Å². The van der Waals surface area contributed by atoms with Gasteiger partial charge in [-0.1, -0.05) is 38.0 Å². The highest BCUT2D eigenvalue weighted by atomic mass is 32.2. The second-order valence-electron chi connectivity index (χ2n) is 8.25. The maximum atomic E-state index is 12.7. The molecule has 1 aromatic rings. The third-order valence-electron chi connectivity index (χ3n) is 5.84. The Hall–Kier alpha value is -2.56. The molecule has 1 aliphatic carbocycles. The van der Waals surface area contributed by atoms with Crippen molar-refractivity contribution in [2.75, 3.05) is 12.3 Å². The molecule has 2 amide bonds. The van der Waals surface area contributed by atoms with Crippen LogP contribution in [0.5, 0.6) is 5.75 Å². The highest BCUT2D eigenvalue weighted by Gasteiger charge is 2.33. The first-order valence-corrected chi connectivity index (χ1v) is 13.3. The van der Waals surface area contributed by atoms with Gasteiger partial charge in [0.2, 0.25) is 11.7 Å². The van der Waals surface area contributed by atoms with Gasteiger partial charge in [-0.25, -0.2) is 8.42 Å². The van der Waals surface area contributed by atoms with Gasteiger partial charge in [-0.2, -0.15) is 8.78 Å². The normalized spacial score (nSPS) is 15.2. The Morgan fingerprint density at radius 1 is 1.15 bits per heavy atom. The fourth-order valence-corrected chi connectivity index (χ4v) is 5.44. The van der Waals surface area contributed by atoms with Crippen LogP contribution >= 0.6 is 0 Å². The molecule has 34 heavy (non-hydrogen) atoms. The number of Topliss-reactive ketones (excluding diaryl/α,β-unsaturated/α-hetero) is 1. The minimum atomic E-state index is -3.84. The van der Waals surface area contributed by atoms with Crippen molar-refractivity contribution in [1.82, 2.24) is 10.2 Å². The van der Waals surface area contributed by atoms with Gasteiger partial charge in [-0.15, -0.1) is 0 Å². The lowest BCUT2D eigenvalue weighted by Gasteiger charge is -2.28. The number of nitrogens with zero attached hydrogens (tertiary/aromatic N) is 1. The van der Waals surface area contributed by atoms with E-state index in [0.29, 0.717) is 6.54 Å². The summed E-state index contributed by atoms with van der Waals surface area (Å²) in [5, 5.41) is 2.47. The molecule has 1 N–H and O–H groups in total. The average Bonchev–Trinajstić information content (AvgIpc) is 3.31. The molecule has 1 unspecified atom stereocenters. The molecule has 0 radical (unpaired) electrons. The smallest absolute Gasteiger partial charge is 0.387 e. The quantitative estimate of drug-likeness (QED) is 0.416. The first-order chi connectivity index (χ1) is 16.1. The van der Waals surface area contributed by atoms with Crippen LogP contribution < -0.4 is 10.1 Å². The van der Waals surface area contributed by atoms with E-state index < -0.39 is 58.0 Å². The topological polar surface area (TPSA) is 110 Å². The van der Waals surface area contributed by atoms with Gasteiger partial charge in [-0.05, 0) is 32.3 Å². The Morgan fingerprint density at radius 3 is 2.38 bits per heavy atom. The number of carbonyl (C=O) groups excluding carboxylic acids is 3. The number of ether oxygens (including phenoxy) is 1. The van der Waals surface area contributed by atoms with Crippen molar-refractivity contribution in [3.05, 3.63) is 29.8 Å². The Morgan fingerprint density at radius 2 is 1.79 bits per heavy atom. The zero-order chi connectivity index (χ0) is 25.3. The van der Waals surface area contributed by atoms with E-state index >= 15 is 0 Å². The Labute approximate surface area is 198 Å². The molecule has 0 aromatic heterocycles. The molecule has 190 valence electrons. The van der Waals surface area contributed by atoms with Crippen LogP contribution in [0.4, 0.5) is 8.78 Å². The number of nitrogens with one attached hydrogen (secondary N) is 1. The molecular formula is C23H32F2N2O6S. The highest BCUT2D eigenvalue weighted by molar-refractivity contribution is 7.90. The van der Waals surface area contributed by atoms with E-state index in [1.54, 1.807) is 18.7 Å². The zero-order valence-corrected chi connectivity index (χ0v) is 20.3. The van der Waals surface area contributed by atoms with Crippen LogP contribution in [-0.2, 0) is 30.0 Å². The number of hydrogen-bond donors (Lipinski definition) is 1. The molecule has 0 aliphatic heterocycles. The summed E-state index contributed by atoms with van der Waals surface area (Å²) in [5.41, 5.74) is 0.0574. The standard InChI is InChI=1S/C23H32F2N2O6S/c1-3-18(21(29)22(30)27(4-2)17-10-6-7-11-17)26-20(28)13-14-34(31,32)15-16-9-5-8-12-19(16)33-23(24)25/h5,8-9,12,17-18,23H,3-4,6-7,10-11,13-15H2,1-2H3,(H,26,28). The van der Waals surface area contributed by atoms with Crippen molar-refractivity contribution < 1.29 is 36.3 Å². The molecule has 0 saturated heterocycles. The summed E-state index contributed by atoms with van der Waals surface area (Å²) >= 11 is 0. The van der Waals surface area contributed by atoms with Crippen LogP contribution in [0.15, 0.2) is 24.3 Å². The Bertz CT molecular complexity index is 964. The van der Waals surface area contributed by atoms with E-state index in [0.717, 1.165) is 25.7 Å². The van der Waals surface area contributed by atoms with E-state index in [-0.39, 0.29) is 23.8 Å². The van der Waals surface area contributed by atoms with Crippen molar-refractivity contribution >= 4 is 27.4 Å². The van der Waals surface area contributed by atoms with Gasteiger partial charge in [-0.3, -0.25) is 14.4 Å². The van der Waals surface area contributed by atoms with Gasteiger partial charge in [0.15, 0.2) is 9.84 Å². The minimum absolute atomic E-state index is 0.0247.